The summed E-state index contributed by atoms with van der Waals surface area (Å²) in [5.41, 5.74) is 1.61. The van der Waals surface area contributed by atoms with Gasteiger partial charge in [0.1, 0.15) is 17.2 Å². The number of H-pyrrole nitrogens is 2. The third-order valence-electron chi connectivity index (χ3n) is 3.02. The second-order valence-electron chi connectivity index (χ2n) is 5.03. The zero-order valence-corrected chi connectivity index (χ0v) is 12.2. The van der Waals surface area contributed by atoms with Crippen LogP contribution in [0.5, 0.6) is 0 Å². The fourth-order valence-corrected chi connectivity index (χ4v) is 1.84. The number of amides is 1. The van der Waals surface area contributed by atoms with Gasteiger partial charge in [-0.3, -0.25) is 25.3 Å². The topological polar surface area (TPSA) is 112 Å². The summed E-state index contributed by atoms with van der Waals surface area (Å²) in [5.74, 6) is 0.807. The molecule has 0 atom stereocenters. The maximum atomic E-state index is 12.1. The molecule has 0 aliphatic rings. The van der Waals surface area contributed by atoms with E-state index in [1.165, 1.54) is 0 Å². The van der Waals surface area contributed by atoms with E-state index in [-0.39, 0.29) is 17.8 Å². The highest BCUT2D eigenvalue weighted by Crippen LogP contribution is 2.15. The molecule has 8 nitrogen and oxygen atoms in total. The molecule has 0 unspecified atom stereocenters. The van der Waals surface area contributed by atoms with Crippen molar-refractivity contribution < 1.29 is 4.79 Å². The maximum Gasteiger partial charge on any atom is 0.276 e. The van der Waals surface area contributed by atoms with Crippen LogP contribution < -0.4 is 5.32 Å². The molecule has 3 rings (SSSR count). The zero-order chi connectivity index (χ0) is 15.5. The van der Waals surface area contributed by atoms with Gasteiger partial charge in [-0.1, -0.05) is 19.9 Å². The number of carbonyl (C=O) groups excluding carboxylic acids is 1. The number of hydrogen-bond acceptors (Lipinski definition) is 5. The van der Waals surface area contributed by atoms with E-state index in [0.717, 1.165) is 0 Å². The third kappa shape index (κ3) is 2.85. The number of nitrogens with zero attached hydrogens (tertiary/aromatic N) is 4. The second-order valence-corrected chi connectivity index (χ2v) is 5.03. The Kier molecular flexibility index (Phi) is 3.65. The standard InChI is InChI=1S/C14H15N7O/c1-8(2)12-16-14(21-20-12)17-13(22)11-7-10(18-19-11)9-5-3-4-6-15-9/h3-8H,1-2H3,(H,18,19)(H2,16,17,20,21,22). The summed E-state index contributed by atoms with van der Waals surface area (Å²) in [7, 11) is 0. The van der Waals surface area contributed by atoms with Crippen molar-refractivity contribution in [1.82, 2.24) is 30.4 Å². The molecule has 3 N–H and O–H groups in total. The molecular weight excluding hydrogens is 282 g/mol. The van der Waals surface area contributed by atoms with Crippen LogP contribution in [0.1, 0.15) is 36.1 Å². The molecule has 0 bridgehead atoms. The van der Waals surface area contributed by atoms with Gasteiger partial charge in [0.2, 0.25) is 5.95 Å². The minimum atomic E-state index is -0.357. The Hall–Kier alpha value is -3.03. The fourth-order valence-electron chi connectivity index (χ4n) is 1.84. The van der Waals surface area contributed by atoms with E-state index in [9.17, 15) is 4.79 Å². The van der Waals surface area contributed by atoms with Gasteiger partial charge in [-0.25, -0.2) is 0 Å². The Bertz CT molecular complexity index is 775. The van der Waals surface area contributed by atoms with E-state index in [1.807, 2.05) is 32.0 Å². The highest BCUT2D eigenvalue weighted by Gasteiger charge is 2.14. The summed E-state index contributed by atoms with van der Waals surface area (Å²) in [6, 6.07) is 7.13. The Morgan fingerprint density at radius 1 is 1.18 bits per heavy atom. The lowest BCUT2D eigenvalue weighted by molar-refractivity contribution is 0.102. The number of pyridine rings is 1. The highest BCUT2D eigenvalue weighted by atomic mass is 16.2. The van der Waals surface area contributed by atoms with Gasteiger partial charge in [0.05, 0.1) is 5.69 Å². The van der Waals surface area contributed by atoms with E-state index in [1.54, 1.807) is 12.3 Å². The smallest absolute Gasteiger partial charge is 0.276 e. The van der Waals surface area contributed by atoms with Gasteiger partial charge < -0.3 is 0 Å². The first-order chi connectivity index (χ1) is 10.6. The van der Waals surface area contributed by atoms with Gasteiger partial charge >= 0.3 is 0 Å². The number of rotatable bonds is 4. The number of anilines is 1. The molecule has 3 heterocycles. The summed E-state index contributed by atoms with van der Waals surface area (Å²) in [6.07, 6.45) is 1.67. The molecule has 3 aromatic heterocycles. The van der Waals surface area contributed by atoms with Crippen LogP contribution in [0.25, 0.3) is 11.4 Å². The first-order valence-corrected chi connectivity index (χ1v) is 6.84. The molecule has 3 aromatic rings. The summed E-state index contributed by atoms with van der Waals surface area (Å²) in [4.78, 5) is 20.5. The van der Waals surface area contributed by atoms with Crippen LogP contribution >= 0.6 is 0 Å². The van der Waals surface area contributed by atoms with Gasteiger partial charge in [0.15, 0.2) is 0 Å². The Balaban J connectivity index is 1.74. The van der Waals surface area contributed by atoms with Crippen LogP contribution in [0.3, 0.4) is 0 Å². The van der Waals surface area contributed by atoms with Crippen LogP contribution in [0.15, 0.2) is 30.5 Å². The molecule has 112 valence electrons. The molecule has 0 spiro atoms. The van der Waals surface area contributed by atoms with Crippen LogP contribution in [-0.2, 0) is 0 Å². The van der Waals surface area contributed by atoms with Crippen LogP contribution in [0.4, 0.5) is 5.95 Å². The Morgan fingerprint density at radius 2 is 2.05 bits per heavy atom. The molecule has 0 radical (unpaired) electrons. The number of nitrogens with one attached hydrogen (secondary N) is 3. The number of aromatic nitrogens is 6. The normalized spacial score (nSPS) is 10.9. The van der Waals surface area contributed by atoms with Crippen LogP contribution in [0, 0.1) is 0 Å². The lowest BCUT2D eigenvalue weighted by Crippen LogP contribution is -2.13. The quantitative estimate of drug-likeness (QED) is 0.681. The average Bonchev–Trinajstić information content (AvgIpc) is 3.17. The Labute approximate surface area is 126 Å². The van der Waals surface area contributed by atoms with Gasteiger partial charge in [0.25, 0.3) is 5.91 Å². The van der Waals surface area contributed by atoms with E-state index >= 15 is 0 Å². The molecule has 0 aliphatic carbocycles. The molecule has 0 aliphatic heterocycles. The van der Waals surface area contributed by atoms with Gasteiger partial charge in [-0.2, -0.15) is 10.1 Å². The molecule has 0 fully saturated rings. The fraction of sp³-hybridized carbons (Fsp3) is 0.214. The molecule has 0 aromatic carbocycles. The van der Waals surface area contributed by atoms with Crippen molar-refractivity contribution in [3.63, 3.8) is 0 Å². The lowest BCUT2D eigenvalue weighted by atomic mass is 10.2. The van der Waals surface area contributed by atoms with E-state index < -0.39 is 0 Å². The second kappa shape index (κ2) is 5.76. The lowest BCUT2D eigenvalue weighted by Gasteiger charge is -1.97. The predicted octanol–water partition coefficient (Wildman–Crippen LogP) is 1.97. The molecule has 0 saturated heterocycles. The number of carbonyl (C=O) groups is 1. The minimum absolute atomic E-state index is 0.209. The number of aromatic amines is 2. The van der Waals surface area contributed by atoms with Gasteiger partial charge in [-0.15, -0.1) is 5.10 Å². The largest absolute Gasteiger partial charge is 0.288 e. The SMILES string of the molecule is CC(C)c1nc(NC(=O)c2cc(-c3ccccn3)n[nH]2)n[nH]1. The highest BCUT2D eigenvalue weighted by molar-refractivity contribution is 6.02. The molecule has 1 amide bonds. The van der Waals surface area contributed by atoms with Crippen LogP contribution in [0.2, 0.25) is 0 Å². The first-order valence-electron chi connectivity index (χ1n) is 6.84. The molecular formula is C14H15N7O. The summed E-state index contributed by atoms with van der Waals surface area (Å²) >= 11 is 0. The summed E-state index contributed by atoms with van der Waals surface area (Å²) in [5, 5.41) is 16.1. The van der Waals surface area contributed by atoms with Crippen molar-refractivity contribution in [3.05, 3.63) is 42.0 Å². The number of hydrogen-bond donors (Lipinski definition) is 3. The van der Waals surface area contributed by atoms with Gasteiger partial charge in [-0.05, 0) is 18.2 Å². The Morgan fingerprint density at radius 3 is 2.73 bits per heavy atom. The van der Waals surface area contributed by atoms with E-state index in [2.05, 4.69) is 35.7 Å². The van der Waals surface area contributed by atoms with E-state index in [0.29, 0.717) is 22.9 Å². The van der Waals surface area contributed by atoms with Crippen molar-refractivity contribution in [2.45, 2.75) is 19.8 Å². The summed E-state index contributed by atoms with van der Waals surface area (Å²) < 4.78 is 0. The van der Waals surface area contributed by atoms with Crippen molar-refractivity contribution >= 4 is 11.9 Å². The maximum absolute atomic E-state index is 12.1. The monoisotopic (exact) mass is 297 g/mol. The van der Waals surface area contributed by atoms with Crippen molar-refractivity contribution in [2.24, 2.45) is 0 Å². The van der Waals surface area contributed by atoms with Crippen molar-refractivity contribution in [2.75, 3.05) is 5.32 Å². The minimum Gasteiger partial charge on any atom is -0.288 e. The van der Waals surface area contributed by atoms with Crippen LogP contribution in [-0.4, -0.2) is 36.3 Å². The predicted molar refractivity (Wildman–Crippen MR) is 80.2 cm³/mol. The summed E-state index contributed by atoms with van der Waals surface area (Å²) in [6.45, 7) is 3.97. The van der Waals surface area contributed by atoms with Crippen molar-refractivity contribution in [1.29, 1.82) is 0 Å². The average molecular weight is 297 g/mol. The third-order valence-corrected chi connectivity index (χ3v) is 3.02. The molecule has 0 saturated carbocycles. The first kappa shape index (κ1) is 13.9. The molecule has 22 heavy (non-hydrogen) atoms. The van der Waals surface area contributed by atoms with E-state index in [4.69, 9.17) is 0 Å². The van der Waals surface area contributed by atoms with Gasteiger partial charge in [0, 0.05) is 12.1 Å². The molecule has 8 heteroatoms. The van der Waals surface area contributed by atoms with Crippen molar-refractivity contribution in [3.8, 4) is 11.4 Å². The zero-order valence-electron chi connectivity index (χ0n) is 12.2.